The summed E-state index contributed by atoms with van der Waals surface area (Å²) in [6.07, 6.45) is 58.8. The van der Waals surface area contributed by atoms with Crippen LogP contribution in [0.3, 0.4) is 0 Å². The fraction of sp³-hybridized carbons (Fsp3) is 0.712. The molecule has 0 bridgehead atoms. The number of allylic oxidation sites excluding steroid dienone is 14. The minimum absolute atomic E-state index is 0.00520. The minimum atomic E-state index is -4.57. The van der Waals surface area contributed by atoms with Crippen LogP contribution in [0.4, 0.5) is 0 Å². The number of nitrogens with one attached hydrogen (secondary N) is 1. The number of hydrogen-bond donors (Lipinski definition) is 2. The fourth-order valence-electron chi connectivity index (χ4n) is 6.55. The second-order valence-corrected chi connectivity index (χ2v) is 18.8. The maximum atomic E-state index is 12.9. The molecule has 1 amide bonds. The van der Waals surface area contributed by atoms with E-state index >= 15 is 0 Å². The van der Waals surface area contributed by atoms with Gasteiger partial charge < -0.3 is 28.8 Å². The molecule has 2 N–H and O–H groups in total. The topological polar surface area (TPSA) is 108 Å². The number of unbranched alkanes of at least 4 members (excludes halogenated alkanes) is 16. The molecule has 3 unspecified atom stereocenters. The van der Waals surface area contributed by atoms with Gasteiger partial charge in [0, 0.05) is 6.42 Å². The van der Waals surface area contributed by atoms with Gasteiger partial charge in [0.15, 0.2) is 0 Å². The normalized spacial score (nSPS) is 14.9. The Morgan fingerprint density at radius 3 is 1.46 bits per heavy atom. The van der Waals surface area contributed by atoms with E-state index in [0.29, 0.717) is 23.9 Å². The molecule has 9 heteroatoms. The van der Waals surface area contributed by atoms with Crippen LogP contribution in [0.5, 0.6) is 0 Å². The Morgan fingerprint density at radius 2 is 1.00 bits per heavy atom. The fourth-order valence-corrected chi connectivity index (χ4v) is 7.27. The van der Waals surface area contributed by atoms with Crippen molar-refractivity contribution in [2.45, 2.75) is 199 Å². The van der Waals surface area contributed by atoms with Crippen LogP contribution in [0.2, 0.25) is 0 Å². The van der Waals surface area contributed by atoms with Gasteiger partial charge in [-0.2, -0.15) is 0 Å². The van der Waals surface area contributed by atoms with Crippen molar-refractivity contribution in [2.24, 2.45) is 0 Å². The van der Waals surface area contributed by atoms with Crippen LogP contribution in [-0.2, 0) is 18.4 Å². The van der Waals surface area contributed by atoms with Crippen LogP contribution < -0.4 is 10.2 Å². The summed E-state index contributed by atoms with van der Waals surface area (Å²) in [5.74, 6) is -0.182. The lowest BCUT2D eigenvalue weighted by Gasteiger charge is -2.30. The highest BCUT2D eigenvalue weighted by molar-refractivity contribution is 7.45. The minimum Gasteiger partial charge on any atom is -0.756 e. The molecule has 0 aromatic heterocycles. The number of carbonyl (C=O) groups is 1. The average molecular weight is 873 g/mol. The maximum absolute atomic E-state index is 12.9. The quantitative estimate of drug-likeness (QED) is 0.0273. The molecule has 8 nitrogen and oxygen atoms in total. The third kappa shape index (κ3) is 45.5. The highest BCUT2D eigenvalue weighted by atomic mass is 31.2. The molecule has 3 atom stereocenters. The number of hydrogen-bond acceptors (Lipinski definition) is 6. The standard InChI is InChI=1S/C52H93N2O6P/c1-6-8-10-12-14-16-18-19-20-21-22-23-24-25-26-27-28-29-30-31-32-33-34-35-36-38-40-42-44-46-52(56)53-50(49-60-61(57,58)59-48-47-54(3,4)5)51(55)45-43-41-39-37-17-15-13-11-9-7-2/h8,10,14,16,19-20,22-23,25-26,28-29,31-32,50-51,55H,6-7,9,11-13,15,17-18,21,24,27,30,33-49H2,1-5H3,(H-,53,56,57,58)/b10-8-,16-14-,20-19-,23-22-,26-25-,29-28-,32-31-. The Balaban J connectivity index is 4.20. The summed E-state index contributed by atoms with van der Waals surface area (Å²) in [5.41, 5.74) is 0. The van der Waals surface area contributed by atoms with E-state index in [0.717, 1.165) is 96.3 Å². The largest absolute Gasteiger partial charge is 0.756 e. The third-order valence-electron chi connectivity index (χ3n) is 10.4. The van der Waals surface area contributed by atoms with Crippen molar-refractivity contribution >= 4 is 13.7 Å². The molecule has 0 aromatic rings. The SMILES string of the molecule is CC/C=C\C/C=C\C/C=C\C/C=C\C/C=C\C/C=C\C/C=C\CCCCCCCCCC(=O)NC(COP(=O)([O-])OCC[N+](C)(C)C)C(O)CCCCCCCCCCCC. The van der Waals surface area contributed by atoms with Gasteiger partial charge in [-0.15, -0.1) is 0 Å². The molecule has 352 valence electrons. The van der Waals surface area contributed by atoms with E-state index in [1.165, 1.54) is 64.2 Å². The number of likely N-dealkylation sites (N-methyl/N-ethyl adjacent to an activating group) is 1. The number of carbonyl (C=O) groups excluding carboxylic acids is 1. The number of rotatable bonds is 43. The summed E-state index contributed by atoms with van der Waals surface area (Å²) >= 11 is 0. The molecule has 0 heterocycles. The molecule has 0 aliphatic heterocycles. The Kier molecular flexibility index (Phi) is 41.3. The number of aliphatic hydroxyl groups excluding tert-OH is 1. The van der Waals surface area contributed by atoms with Crippen molar-refractivity contribution in [2.75, 3.05) is 40.9 Å². The van der Waals surface area contributed by atoms with Crippen molar-refractivity contribution in [3.05, 3.63) is 85.1 Å². The van der Waals surface area contributed by atoms with Crippen molar-refractivity contribution in [1.29, 1.82) is 0 Å². The predicted molar refractivity (Wildman–Crippen MR) is 260 cm³/mol. The molecule has 0 aromatic carbocycles. The van der Waals surface area contributed by atoms with E-state index in [2.05, 4.69) is 104 Å². The van der Waals surface area contributed by atoms with Gasteiger partial charge in [-0.25, -0.2) is 0 Å². The van der Waals surface area contributed by atoms with Gasteiger partial charge in [-0.3, -0.25) is 9.36 Å². The van der Waals surface area contributed by atoms with Crippen LogP contribution in [0.1, 0.15) is 187 Å². The zero-order chi connectivity index (χ0) is 45.0. The number of phosphoric acid groups is 1. The Labute approximate surface area is 376 Å². The van der Waals surface area contributed by atoms with Crippen molar-refractivity contribution < 1.29 is 32.9 Å². The molecule has 0 aliphatic rings. The van der Waals surface area contributed by atoms with Gasteiger partial charge in [0.05, 0.1) is 39.9 Å². The van der Waals surface area contributed by atoms with E-state index in [4.69, 9.17) is 9.05 Å². The predicted octanol–water partition coefficient (Wildman–Crippen LogP) is 13.5. The number of phosphoric ester groups is 1. The Morgan fingerprint density at radius 1 is 0.590 bits per heavy atom. The number of aliphatic hydroxyl groups is 1. The van der Waals surface area contributed by atoms with E-state index < -0.39 is 20.0 Å². The summed E-state index contributed by atoms with van der Waals surface area (Å²) in [6.45, 7) is 4.56. The number of quaternary nitrogens is 1. The third-order valence-corrected chi connectivity index (χ3v) is 11.4. The van der Waals surface area contributed by atoms with Crippen LogP contribution in [0.15, 0.2) is 85.1 Å². The van der Waals surface area contributed by atoms with E-state index in [9.17, 15) is 19.4 Å². The van der Waals surface area contributed by atoms with Gasteiger partial charge in [0.1, 0.15) is 13.2 Å². The number of amides is 1. The summed E-state index contributed by atoms with van der Waals surface area (Å²) in [7, 11) is 1.28. The monoisotopic (exact) mass is 873 g/mol. The summed E-state index contributed by atoms with van der Waals surface area (Å²) in [6, 6.07) is -0.810. The molecule has 0 rings (SSSR count). The zero-order valence-corrected chi connectivity index (χ0v) is 40.7. The zero-order valence-electron chi connectivity index (χ0n) is 39.8. The van der Waals surface area contributed by atoms with Gasteiger partial charge in [0.25, 0.3) is 7.82 Å². The van der Waals surface area contributed by atoms with Crippen LogP contribution in [-0.4, -0.2) is 68.5 Å². The summed E-state index contributed by atoms with van der Waals surface area (Å²) < 4.78 is 23.2. The first-order chi connectivity index (χ1) is 29.5. The van der Waals surface area contributed by atoms with Gasteiger partial charge >= 0.3 is 0 Å². The average Bonchev–Trinajstić information content (AvgIpc) is 3.21. The van der Waals surface area contributed by atoms with Crippen LogP contribution in [0, 0.1) is 0 Å². The molecule has 0 fully saturated rings. The molecule has 0 spiro atoms. The second kappa shape index (κ2) is 43.0. The summed E-state index contributed by atoms with van der Waals surface area (Å²) in [4.78, 5) is 25.3. The first-order valence-corrected chi connectivity index (χ1v) is 25.9. The molecular formula is C52H93N2O6P. The van der Waals surface area contributed by atoms with Crippen LogP contribution >= 0.6 is 7.82 Å². The van der Waals surface area contributed by atoms with E-state index in [-0.39, 0.29) is 19.1 Å². The van der Waals surface area contributed by atoms with Crippen molar-refractivity contribution in [1.82, 2.24) is 5.32 Å². The molecule has 0 saturated carbocycles. The first kappa shape index (κ1) is 58.7. The Bertz CT molecular complexity index is 1260. The lowest BCUT2D eigenvalue weighted by atomic mass is 10.0. The second-order valence-electron chi connectivity index (χ2n) is 17.4. The van der Waals surface area contributed by atoms with Gasteiger partial charge in [-0.05, 0) is 70.6 Å². The van der Waals surface area contributed by atoms with Crippen LogP contribution in [0.25, 0.3) is 0 Å². The molecular weight excluding hydrogens is 780 g/mol. The van der Waals surface area contributed by atoms with Crippen molar-refractivity contribution in [3.63, 3.8) is 0 Å². The Hall–Kier alpha value is -2.32. The number of nitrogens with zero attached hydrogens (tertiary/aromatic N) is 1. The highest BCUT2D eigenvalue weighted by Crippen LogP contribution is 2.38. The summed E-state index contributed by atoms with van der Waals surface area (Å²) in [5, 5.41) is 13.9. The lowest BCUT2D eigenvalue weighted by Crippen LogP contribution is -2.46. The molecule has 0 aliphatic carbocycles. The van der Waals surface area contributed by atoms with Gasteiger partial charge in [-0.1, -0.05) is 195 Å². The van der Waals surface area contributed by atoms with E-state index in [1.54, 1.807) is 0 Å². The molecule has 61 heavy (non-hydrogen) atoms. The maximum Gasteiger partial charge on any atom is 0.268 e. The smallest absolute Gasteiger partial charge is 0.268 e. The van der Waals surface area contributed by atoms with Gasteiger partial charge in [0.2, 0.25) is 5.91 Å². The highest BCUT2D eigenvalue weighted by Gasteiger charge is 2.24. The van der Waals surface area contributed by atoms with Crippen molar-refractivity contribution in [3.8, 4) is 0 Å². The van der Waals surface area contributed by atoms with E-state index in [1.807, 2.05) is 21.1 Å². The molecule has 0 saturated heterocycles. The molecule has 0 radical (unpaired) electrons. The first-order valence-electron chi connectivity index (χ1n) is 24.4. The lowest BCUT2D eigenvalue weighted by molar-refractivity contribution is -0.870.